The van der Waals surface area contributed by atoms with Crippen LogP contribution in [0.5, 0.6) is 0 Å². The van der Waals surface area contributed by atoms with Crippen molar-refractivity contribution in [2.24, 2.45) is 0 Å². The Morgan fingerprint density at radius 3 is 2.08 bits per heavy atom. The maximum Gasteiger partial charge on any atom is 0.418 e. The number of benzene rings is 2. The molecule has 0 saturated heterocycles. The van der Waals surface area contributed by atoms with E-state index in [0.717, 1.165) is 30.3 Å². The molecule has 3 nitrogen and oxygen atoms in total. The smallest absolute Gasteiger partial charge is 0.308 e. The molecule has 0 fully saturated rings. The molecule has 0 aliphatic heterocycles. The molecule has 0 bridgehead atoms. The van der Waals surface area contributed by atoms with Gasteiger partial charge in [0.1, 0.15) is 0 Å². The van der Waals surface area contributed by atoms with Gasteiger partial charge in [-0.15, -0.1) is 0 Å². The van der Waals surface area contributed by atoms with Crippen LogP contribution in [-0.2, 0) is 12.4 Å². The van der Waals surface area contributed by atoms with E-state index in [1.165, 1.54) is 12.1 Å². The molecule has 0 saturated carbocycles. The minimum absolute atomic E-state index is 0.202. The summed E-state index contributed by atoms with van der Waals surface area (Å²) in [6.45, 7) is 0. The van der Waals surface area contributed by atoms with Crippen LogP contribution in [0.2, 0.25) is 0 Å². The van der Waals surface area contributed by atoms with E-state index in [2.05, 4.69) is 5.32 Å². The van der Waals surface area contributed by atoms with Gasteiger partial charge in [0, 0.05) is 5.69 Å². The topological polar surface area (TPSA) is 41.1 Å². The summed E-state index contributed by atoms with van der Waals surface area (Å²) in [6, 6.07) is 6.90. The van der Waals surface area contributed by atoms with Crippen LogP contribution in [0.4, 0.5) is 42.5 Å². The molecule has 0 unspecified atom stereocenters. The SMILES string of the molecule is O=C(Nc1cccc(C(F)(F)F)c1)Nc1ccccc1C(F)(F)F. The lowest BCUT2D eigenvalue weighted by Gasteiger charge is -2.14. The second kappa shape index (κ2) is 6.42. The Bertz CT molecular complexity index is 739. The van der Waals surface area contributed by atoms with Crippen LogP contribution in [0.3, 0.4) is 0 Å². The number of amides is 2. The molecule has 0 aromatic heterocycles. The van der Waals surface area contributed by atoms with E-state index < -0.39 is 35.2 Å². The predicted octanol–water partition coefficient (Wildman–Crippen LogP) is 5.37. The molecule has 0 radical (unpaired) electrons. The first kappa shape index (κ1) is 17.6. The first-order valence-electron chi connectivity index (χ1n) is 6.49. The molecule has 0 spiro atoms. The number of para-hydroxylation sites is 1. The fourth-order valence-electron chi connectivity index (χ4n) is 1.90. The summed E-state index contributed by atoms with van der Waals surface area (Å²) in [5, 5.41) is 4.04. The summed E-state index contributed by atoms with van der Waals surface area (Å²) in [6.07, 6.45) is -9.28. The van der Waals surface area contributed by atoms with Gasteiger partial charge < -0.3 is 10.6 Å². The van der Waals surface area contributed by atoms with Crippen LogP contribution in [-0.4, -0.2) is 6.03 Å². The van der Waals surface area contributed by atoms with Crippen molar-refractivity contribution in [3.63, 3.8) is 0 Å². The molecule has 2 aromatic rings. The van der Waals surface area contributed by atoms with Gasteiger partial charge in [-0.3, -0.25) is 0 Å². The third-order valence-corrected chi connectivity index (χ3v) is 2.93. The Hall–Kier alpha value is -2.71. The van der Waals surface area contributed by atoms with E-state index in [9.17, 15) is 31.1 Å². The highest BCUT2D eigenvalue weighted by Gasteiger charge is 2.33. The van der Waals surface area contributed by atoms with Crippen molar-refractivity contribution in [1.29, 1.82) is 0 Å². The number of carbonyl (C=O) groups is 1. The summed E-state index contributed by atoms with van der Waals surface area (Å²) in [5.74, 6) is 0. The van der Waals surface area contributed by atoms with Gasteiger partial charge in [0.05, 0.1) is 16.8 Å². The normalized spacial score (nSPS) is 11.9. The Labute approximate surface area is 132 Å². The lowest BCUT2D eigenvalue weighted by Crippen LogP contribution is -2.22. The largest absolute Gasteiger partial charge is 0.418 e. The predicted molar refractivity (Wildman–Crippen MR) is 75.5 cm³/mol. The van der Waals surface area contributed by atoms with Gasteiger partial charge in [-0.25, -0.2) is 4.79 Å². The van der Waals surface area contributed by atoms with Crippen LogP contribution in [0.15, 0.2) is 48.5 Å². The fraction of sp³-hybridized carbons (Fsp3) is 0.133. The van der Waals surface area contributed by atoms with Gasteiger partial charge in [0.25, 0.3) is 0 Å². The van der Waals surface area contributed by atoms with Gasteiger partial charge in [0.2, 0.25) is 0 Å². The molecule has 24 heavy (non-hydrogen) atoms. The van der Waals surface area contributed by atoms with E-state index in [1.807, 2.05) is 5.32 Å². The minimum Gasteiger partial charge on any atom is -0.308 e. The Morgan fingerprint density at radius 1 is 0.792 bits per heavy atom. The summed E-state index contributed by atoms with van der Waals surface area (Å²) in [5.41, 5.74) is -2.76. The summed E-state index contributed by atoms with van der Waals surface area (Å²) in [7, 11) is 0. The van der Waals surface area contributed by atoms with Crippen LogP contribution in [0.25, 0.3) is 0 Å². The standard InChI is InChI=1S/C15H10F6N2O/c16-14(17,18)9-4-3-5-10(8-9)22-13(24)23-12-7-2-1-6-11(12)15(19,20)21/h1-8H,(H2,22,23,24). The zero-order valence-corrected chi connectivity index (χ0v) is 11.8. The van der Waals surface area contributed by atoms with Gasteiger partial charge in [0.15, 0.2) is 0 Å². The monoisotopic (exact) mass is 348 g/mol. The maximum absolute atomic E-state index is 12.8. The number of urea groups is 1. The van der Waals surface area contributed by atoms with E-state index in [4.69, 9.17) is 0 Å². The third-order valence-electron chi connectivity index (χ3n) is 2.93. The van der Waals surface area contributed by atoms with Crippen LogP contribution in [0, 0.1) is 0 Å². The third kappa shape index (κ3) is 4.40. The number of carbonyl (C=O) groups excluding carboxylic acids is 1. The van der Waals surface area contributed by atoms with E-state index in [0.29, 0.717) is 6.07 Å². The molecular weight excluding hydrogens is 338 g/mol. The number of nitrogens with one attached hydrogen (secondary N) is 2. The van der Waals surface area contributed by atoms with Gasteiger partial charge in [-0.05, 0) is 30.3 Å². The van der Waals surface area contributed by atoms with Crippen LogP contribution in [0.1, 0.15) is 11.1 Å². The first-order chi connectivity index (χ1) is 11.1. The summed E-state index contributed by atoms with van der Waals surface area (Å²) in [4.78, 5) is 11.8. The average Bonchev–Trinajstić information content (AvgIpc) is 2.46. The Morgan fingerprint density at radius 2 is 1.46 bits per heavy atom. The summed E-state index contributed by atoms with van der Waals surface area (Å²) < 4.78 is 76.2. The summed E-state index contributed by atoms with van der Waals surface area (Å²) >= 11 is 0. The molecule has 0 heterocycles. The number of hydrogen-bond donors (Lipinski definition) is 2. The fourth-order valence-corrected chi connectivity index (χ4v) is 1.90. The molecule has 2 amide bonds. The zero-order chi connectivity index (χ0) is 18.0. The van der Waals surface area contributed by atoms with Crippen molar-refractivity contribution in [2.45, 2.75) is 12.4 Å². The highest BCUT2D eigenvalue weighted by molar-refractivity contribution is 6.00. The first-order valence-corrected chi connectivity index (χ1v) is 6.49. The van der Waals surface area contributed by atoms with Crippen molar-refractivity contribution in [3.8, 4) is 0 Å². The molecule has 9 heteroatoms. The van der Waals surface area contributed by atoms with Crippen LogP contribution < -0.4 is 10.6 Å². The number of hydrogen-bond acceptors (Lipinski definition) is 1. The highest BCUT2D eigenvalue weighted by atomic mass is 19.4. The zero-order valence-electron chi connectivity index (χ0n) is 11.8. The Kier molecular flexibility index (Phi) is 4.72. The van der Waals surface area contributed by atoms with E-state index in [1.54, 1.807) is 0 Å². The van der Waals surface area contributed by atoms with Crippen molar-refractivity contribution < 1.29 is 31.1 Å². The number of alkyl halides is 6. The second-order valence-electron chi connectivity index (χ2n) is 4.70. The minimum atomic E-state index is -4.68. The van der Waals surface area contributed by atoms with Gasteiger partial charge >= 0.3 is 18.4 Å². The van der Waals surface area contributed by atoms with E-state index in [-0.39, 0.29) is 5.69 Å². The average molecular weight is 348 g/mol. The van der Waals surface area contributed by atoms with Gasteiger partial charge in [-0.1, -0.05) is 18.2 Å². The highest BCUT2D eigenvalue weighted by Crippen LogP contribution is 2.34. The number of halogens is 6. The van der Waals surface area contributed by atoms with Gasteiger partial charge in [-0.2, -0.15) is 26.3 Å². The van der Waals surface area contributed by atoms with Crippen molar-refractivity contribution >= 4 is 17.4 Å². The quantitative estimate of drug-likeness (QED) is 0.704. The molecule has 0 aliphatic rings. The molecular formula is C15H10F6N2O. The molecule has 2 aromatic carbocycles. The van der Waals surface area contributed by atoms with E-state index >= 15 is 0 Å². The molecule has 0 aliphatic carbocycles. The molecule has 2 rings (SSSR count). The van der Waals surface area contributed by atoms with Crippen molar-refractivity contribution in [2.75, 3.05) is 10.6 Å². The van der Waals surface area contributed by atoms with Crippen LogP contribution >= 0.6 is 0 Å². The second-order valence-corrected chi connectivity index (χ2v) is 4.70. The number of anilines is 2. The maximum atomic E-state index is 12.8. The molecule has 0 atom stereocenters. The van der Waals surface area contributed by atoms with Crippen molar-refractivity contribution in [3.05, 3.63) is 59.7 Å². The lowest BCUT2D eigenvalue weighted by atomic mass is 10.1. The Balaban J connectivity index is 2.16. The number of rotatable bonds is 2. The van der Waals surface area contributed by atoms with Crippen molar-refractivity contribution in [1.82, 2.24) is 0 Å². The molecule has 2 N–H and O–H groups in total. The lowest BCUT2D eigenvalue weighted by molar-refractivity contribution is -0.138. The molecule has 128 valence electrons.